The number of hydrogen-bond acceptors (Lipinski definition) is 6. The van der Waals surface area contributed by atoms with Crippen molar-refractivity contribution in [1.82, 2.24) is 10.3 Å². The van der Waals surface area contributed by atoms with Crippen molar-refractivity contribution in [3.05, 3.63) is 46.2 Å². The predicted octanol–water partition coefficient (Wildman–Crippen LogP) is 1.39. The zero-order chi connectivity index (χ0) is 20.0. The summed E-state index contributed by atoms with van der Waals surface area (Å²) in [5.74, 6) is -2.14. The molecule has 1 heterocycles. The van der Waals surface area contributed by atoms with Gasteiger partial charge in [-0.3, -0.25) is 9.59 Å². The summed E-state index contributed by atoms with van der Waals surface area (Å²) >= 11 is 0. The maximum Gasteiger partial charge on any atom is 0.339 e. The first-order valence-corrected chi connectivity index (χ1v) is 8.53. The van der Waals surface area contributed by atoms with Gasteiger partial charge in [0, 0.05) is 17.0 Å². The van der Waals surface area contributed by atoms with Gasteiger partial charge in [-0.25, -0.2) is 9.59 Å². The molecule has 0 aliphatic rings. The molecular weight excluding hydrogens is 352 g/mol. The standard InChI is InChI=1S/C19H22N2O6/c1-4-11(2)17(19(25)26-3)21-16(23)10-27-18(24)13-9-15(22)20-14-8-6-5-7-12(13)14/h5-9,11,17H,4,10H2,1-3H3,(H,20,22)(H,21,23). The zero-order valence-corrected chi connectivity index (χ0v) is 15.4. The number of carbonyl (C=O) groups excluding carboxylic acids is 3. The lowest BCUT2D eigenvalue weighted by molar-refractivity contribution is -0.147. The molecule has 2 unspecified atom stereocenters. The molecule has 8 heteroatoms. The van der Waals surface area contributed by atoms with Gasteiger partial charge < -0.3 is 19.8 Å². The second kappa shape index (κ2) is 8.98. The number of esters is 2. The number of pyridine rings is 1. The summed E-state index contributed by atoms with van der Waals surface area (Å²) in [5, 5.41) is 3.02. The first kappa shape index (κ1) is 20.2. The van der Waals surface area contributed by atoms with Gasteiger partial charge in [-0.2, -0.15) is 0 Å². The van der Waals surface area contributed by atoms with Gasteiger partial charge in [0.15, 0.2) is 6.61 Å². The second-order valence-electron chi connectivity index (χ2n) is 6.12. The van der Waals surface area contributed by atoms with Crippen LogP contribution in [0.25, 0.3) is 10.9 Å². The number of para-hydroxylation sites is 1. The summed E-state index contributed by atoms with van der Waals surface area (Å²) in [6.45, 7) is 3.10. The number of aromatic nitrogens is 1. The number of aromatic amines is 1. The monoisotopic (exact) mass is 374 g/mol. The highest BCUT2D eigenvalue weighted by molar-refractivity contribution is 6.03. The van der Waals surface area contributed by atoms with E-state index >= 15 is 0 Å². The van der Waals surface area contributed by atoms with Crippen molar-refractivity contribution in [2.75, 3.05) is 13.7 Å². The van der Waals surface area contributed by atoms with Crippen LogP contribution in [0.3, 0.4) is 0 Å². The van der Waals surface area contributed by atoms with Gasteiger partial charge in [-0.15, -0.1) is 0 Å². The average Bonchev–Trinajstić information content (AvgIpc) is 2.68. The lowest BCUT2D eigenvalue weighted by atomic mass is 9.99. The van der Waals surface area contributed by atoms with Crippen LogP contribution in [0.2, 0.25) is 0 Å². The number of carbonyl (C=O) groups is 3. The summed E-state index contributed by atoms with van der Waals surface area (Å²) < 4.78 is 9.72. The van der Waals surface area contributed by atoms with E-state index in [2.05, 4.69) is 10.3 Å². The molecule has 144 valence electrons. The van der Waals surface area contributed by atoms with Crippen LogP contribution in [0.4, 0.5) is 0 Å². The van der Waals surface area contributed by atoms with Gasteiger partial charge in [0.05, 0.1) is 12.7 Å². The van der Waals surface area contributed by atoms with E-state index < -0.39 is 36.1 Å². The third kappa shape index (κ3) is 4.93. The fourth-order valence-electron chi connectivity index (χ4n) is 2.59. The minimum absolute atomic E-state index is 0.0635. The summed E-state index contributed by atoms with van der Waals surface area (Å²) in [6.07, 6.45) is 0.651. The van der Waals surface area contributed by atoms with Crippen LogP contribution in [0, 0.1) is 5.92 Å². The molecule has 2 atom stereocenters. The number of amides is 1. The summed E-state index contributed by atoms with van der Waals surface area (Å²) in [7, 11) is 1.24. The fraction of sp³-hybridized carbons (Fsp3) is 0.368. The first-order valence-electron chi connectivity index (χ1n) is 8.53. The van der Waals surface area contributed by atoms with Crippen LogP contribution in [0.5, 0.6) is 0 Å². The van der Waals surface area contributed by atoms with Crippen molar-refractivity contribution >= 4 is 28.7 Å². The van der Waals surface area contributed by atoms with E-state index in [9.17, 15) is 19.2 Å². The lowest BCUT2D eigenvalue weighted by Gasteiger charge is -2.21. The van der Waals surface area contributed by atoms with Gasteiger partial charge in [0.25, 0.3) is 5.91 Å². The Labute approximate surface area is 155 Å². The molecule has 0 aliphatic heterocycles. The SMILES string of the molecule is CCC(C)C(NC(=O)COC(=O)c1cc(=O)[nH]c2ccccc12)C(=O)OC. The van der Waals surface area contributed by atoms with Crippen molar-refractivity contribution < 1.29 is 23.9 Å². The molecule has 0 spiro atoms. The molecule has 0 bridgehead atoms. The topological polar surface area (TPSA) is 115 Å². The van der Waals surface area contributed by atoms with Crippen molar-refractivity contribution in [2.24, 2.45) is 5.92 Å². The molecule has 0 saturated carbocycles. The van der Waals surface area contributed by atoms with E-state index in [0.29, 0.717) is 17.3 Å². The Morgan fingerprint density at radius 2 is 1.93 bits per heavy atom. The van der Waals surface area contributed by atoms with E-state index in [-0.39, 0.29) is 11.5 Å². The third-order valence-corrected chi connectivity index (χ3v) is 4.29. The zero-order valence-electron chi connectivity index (χ0n) is 15.4. The van der Waals surface area contributed by atoms with Crippen LogP contribution < -0.4 is 10.9 Å². The Hall–Kier alpha value is -3.16. The van der Waals surface area contributed by atoms with Crippen LogP contribution in [-0.4, -0.2) is 42.6 Å². The Kier molecular flexibility index (Phi) is 6.70. The lowest BCUT2D eigenvalue weighted by Crippen LogP contribution is -2.47. The van der Waals surface area contributed by atoms with Crippen molar-refractivity contribution in [3.8, 4) is 0 Å². The number of hydrogen-bond donors (Lipinski definition) is 2. The Morgan fingerprint density at radius 3 is 2.59 bits per heavy atom. The van der Waals surface area contributed by atoms with Crippen LogP contribution in [0.1, 0.15) is 30.6 Å². The van der Waals surface area contributed by atoms with Crippen molar-refractivity contribution in [3.63, 3.8) is 0 Å². The van der Waals surface area contributed by atoms with E-state index in [1.807, 2.05) is 6.92 Å². The molecule has 8 nitrogen and oxygen atoms in total. The Bertz CT molecular complexity index is 904. The van der Waals surface area contributed by atoms with Gasteiger partial charge in [0.1, 0.15) is 6.04 Å². The smallest absolute Gasteiger partial charge is 0.339 e. The maximum atomic E-state index is 12.3. The predicted molar refractivity (Wildman–Crippen MR) is 98.3 cm³/mol. The van der Waals surface area contributed by atoms with Gasteiger partial charge >= 0.3 is 11.9 Å². The molecule has 0 aliphatic carbocycles. The molecule has 1 aromatic heterocycles. The molecule has 2 aromatic rings. The highest BCUT2D eigenvalue weighted by Crippen LogP contribution is 2.15. The van der Waals surface area contributed by atoms with E-state index in [1.165, 1.54) is 7.11 Å². The first-order chi connectivity index (χ1) is 12.9. The van der Waals surface area contributed by atoms with Gasteiger partial charge in [0.2, 0.25) is 5.56 Å². The van der Waals surface area contributed by atoms with Crippen LogP contribution in [0.15, 0.2) is 35.1 Å². The Morgan fingerprint density at radius 1 is 1.22 bits per heavy atom. The summed E-state index contributed by atoms with van der Waals surface area (Å²) in [5.41, 5.74) is 0.102. The molecule has 2 rings (SSSR count). The molecule has 1 aromatic carbocycles. The average molecular weight is 374 g/mol. The molecule has 2 N–H and O–H groups in total. The molecule has 0 fully saturated rings. The van der Waals surface area contributed by atoms with E-state index in [4.69, 9.17) is 9.47 Å². The van der Waals surface area contributed by atoms with Crippen LogP contribution >= 0.6 is 0 Å². The summed E-state index contributed by atoms with van der Waals surface area (Å²) in [4.78, 5) is 50.6. The molecule has 0 radical (unpaired) electrons. The highest BCUT2D eigenvalue weighted by atomic mass is 16.5. The minimum atomic E-state index is -0.827. The quantitative estimate of drug-likeness (QED) is 0.708. The normalized spacial score (nSPS) is 12.9. The second-order valence-corrected chi connectivity index (χ2v) is 6.12. The third-order valence-electron chi connectivity index (χ3n) is 4.29. The van der Waals surface area contributed by atoms with Crippen LogP contribution in [-0.2, 0) is 19.1 Å². The number of H-pyrrole nitrogens is 1. The fourth-order valence-corrected chi connectivity index (χ4v) is 2.59. The molecule has 27 heavy (non-hydrogen) atoms. The Balaban J connectivity index is 2.08. The van der Waals surface area contributed by atoms with E-state index in [1.54, 1.807) is 31.2 Å². The van der Waals surface area contributed by atoms with Gasteiger partial charge in [-0.05, 0) is 12.0 Å². The number of ether oxygens (including phenoxy) is 2. The number of methoxy groups -OCH3 is 1. The van der Waals surface area contributed by atoms with E-state index in [0.717, 1.165) is 6.07 Å². The maximum absolute atomic E-state index is 12.3. The number of benzene rings is 1. The highest BCUT2D eigenvalue weighted by Gasteiger charge is 2.27. The molecule has 0 saturated heterocycles. The number of fused-ring (bicyclic) bond motifs is 1. The number of rotatable bonds is 7. The molecule has 1 amide bonds. The van der Waals surface area contributed by atoms with Crippen molar-refractivity contribution in [2.45, 2.75) is 26.3 Å². The molecular formula is C19H22N2O6. The summed E-state index contributed by atoms with van der Waals surface area (Å²) in [6, 6.07) is 7.07. The number of nitrogens with one attached hydrogen (secondary N) is 2. The largest absolute Gasteiger partial charge is 0.467 e. The van der Waals surface area contributed by atoms with Crippen molar-refractivity contribution in [1.29, 1.82) is 0 Å². The minimum Gasteiger partial charge on any atom is -0.467 e. The van der Waals surface area contributed by atoms with Gasteiger partial charge in [-0.1, -0.05) is 38.5 Å².